The van der Waals surface area contributed by atoms with Gasteiger partial charge in [0.1, 0.15) is 33.5 Å². The number of anilines is 9. The van der Waals surface area contributed by atoms with Gasteiger partial charge in [-0.25, -0.2) is 0 Å². The second-order valence-electron chi connectivity index (χ2n) is 36.9. The smallest absolute Gasteiger partial charge is 0.136 e. The lowest BCUT2D eigenvalue weighted by Crippen LogP contribution is -2.10. The van der Waals surface area contributed by atoms with E-state index in [1.165, 1.54) is 159 Å². The number of benzene rings is 25. The summed E-state index contributed by atoms with van der Waals surface area (Å²) >= 11 is 0. The van der Waals surface area contributed by atoms with E-state index < -0.39 is 0 Å². The molecule has 0 saturated heterocycles. The molecule has 0 aliphatic heterocycles. The molecule has 6 nitrogen and oxygen atoms in total. The van der Waals surface area contributed by atoms with Crippen LogP contribution in [0.25, 0.3) is 208 Å². The maximum atomic E-state index is 6.28. The van der Waals surface area contributed by atoms with Crippen molar-refractivity contribution in [2.45, 2.75) is 0 Å². The summed E-state index contributed by atoms with van der Waals surface area (Å²) in [5, 5.41) is 21.7. The molecule has 25 aromatic carbocycles. The number of rotatable bonds is 16. The molecule has 144 heavy (non-hydrogen) atoms. The highest BCUT2D eigenvalue weighted by Crippen LogP contribution is 2.48. The van der Waals surface area contributed by atoms with E-state index in [9.17, 15) is 0 Å². The molecule has 676 valence electrons. The Kier molecular flexibility index (Phi) is 21.9. The summed E-state index contributed by atoms with van der Waals surface area (Å²) in [6.07, 6.45) is 0. The van der Waals surface area contributed by atoms with E-state index in [0.29, 0.717) is 0 Å². The third kappa shape index (κ3) is 16.1. The number of nitrogens with zero attached hydrogens (tertiary/aromatic N) is 3. The van der Waals surface area contributed by atoms with Crippen molar-refractivity contribution >= 4 is 182 Å². The average Bonchev–Trinajstić information content (AvgIpc) is 1.56. The van der Waals surface area contributed by atoms with Gasteiger partial charge >= 0.3 is 0 Å². The van der Waals surface area contributed by atoms with E-state index in [4.69, 9.17) is 13.3 Å². The molecule has 0 unspecified atom stereocenters. The van der Waals surface area contributed by atoms with Crippen LogP contribution in [0.2, 0.25) is 0 Å². The third-order valence-corrected chi connectivity index (χ3v) is 28.3. The van der Waals surface area contributed by atoms with E-state index in [1.807, 2.05) is 18.2 Å². The van der Waals surface area contributed by atoms with Gasteiger partial charge in [-0.1, -0.05) is 388 Å². The first kappa shape index (κ1) is 85.3. The molecule has 0 N–H and O–H groups in total. The highest BCUT2D eigenvalue weighted by molar-refractivity contribution is 6.30. The van der Waals surface area contributed by atoms with E-state index in [0.717, 1.165) is 101 Å². The summed E-state index contributed by atoms with van der Waals surface area (Å²) in [5.41, 5.74) is 32.2. The molecule has 3 aromatic heterocycles. The predicted molar refractivity (Wildman–Crippen MR) is 608 cm³/mol. The Morgan fingerprint density at radius 3 is 0.667 bits per heavy atom. The minimum atomic E-state index is 0.920. The third-order valence-electron chi connectivity index (χ3n) is 28.3. The van der Waals surface area contributed by atoms with Crippen LogP contribution in [-0.4, -0.2) is 0 Å². The molecule has 0 amide bonds. The number of fused-ring (bicyclic) bond motifs is 21. The van der Waals surface area contributed by atoms with Crippen molar-refractivity contribution in [3.8, 4) is 77.9 Å². The summed E-state index contributed by atoms with van der Waals surface area (Å²) in [4.78, 5) is 6.99. The van der Waals surface area contributed by atoms with Crippen molar-refractivity contribution in [2.75, 3.05) is 14.7 Å². The van der Waals surface area contributed by atoms with E-state index >= 15 is 0 Å². The number of para-hydroxylation sites is 5. The van der Waals surface area contributed by atoms with Gasteiger partial charge in [0.05, 0.1) is 0 Å². The Morgan fingerprint density at radius 2 is 0.319 bits per heavy atom. The zero-order valence-corrected chi connectivity index (χ0v) is 78.6. The fourth-order valence-electron chi connectivity index (χ4n) is 21.3. The molecule has 0 fully saturated rings. The summed E-state index contributed by atoms with van der Waals surface area (Å²) in [5.74, 6) is 0. The van der Waals surface area contributed by atoms with Crippen LogP contribution in [0, 0.1) is 0 Å². The number of furan rings is 3. The monoisotopic (exact) mass is 1840 g/mol. The van der Waals surface area contributed by atoms with Crippen LogP contribution in [0.1, 0.15) is 0 Å². The van der Waals surface area contributed by atoms with Crippen molar-refractivity contribution in [2.24, 2.45) is 0 Å². The molecule has 3 heterocycles. The SMILES string of the molecule is c1ccc(-c2ccc(N(c3ccc(-c4ccccc4)cc3)c3cccc(-c4ccc5c(ccc6ccc7oc8ccccc8c7c65)c4)c3)cc2)cc1.c1ccc(-c2ccc(N(c3ccccc3)c3ccc(-c4ccc5ccc6ccc7oc8ccccc8c7c6c5c4)cc3)cc2)cc1.c1ccc(-c2ccc(N(c3ccccc3)c3cccc(-c4ccc5ccc6ccc7oc8ccccc8c7c6c5c4)c3)cc2)cc1. The van der Waals surface area contributed by atoms with E-state index in [2.05, 4.69) is 549 Å². The molecule has 28 rings (SSSR count). The summed E-state index contributed by atoms with van der Waals surface area (Å²) < 4.78 is 18.8. The fourth-order valence-corrected chi connectivity index (χ4v) is 21.3. The highest BCUT2D eigenvalue weighted by Gasteiger charge is 2.23. The molecule has 0 aliphatic rings. The minimum Gasteiger partial charge on any atom is -0.456 e. The molecular weight excluding hydrogens is 1750 g/mol. The van der Waals surface area contributed by atoms with Gasteiger partial charge in [-0.3, -0.25) is 0 Å². The summed E-state index contributed by atoms with van der Waals surface area (Å²) in [6.45, 7) is 0. The van der Waals surface area contributed by atoms with Crippen LogP contribution in [0.4, 0.5) is 51.2 Å². The van der Waals surface area contributed by atoms with E-state index in [-0.39, 0.29) is 0 Å². The Hall–Kier alpha value is -19.1. The minimum absolute atomic E-state index is 0.920. The topological polar surface area (TPSA) is 49.1 Å². The Bertz CT molecular complexity index is 9570. The lowest BCUT2D eigenvalue weighted by atomic mass is 9.94. The highest BCUT2D eigenvalue weighted by atomic mass is 16.3. The Labute approximate surface area is 833 Å². The van der Waals surface area contributed by atoms with Gasteiger partial charge < -0.3 is 28.0 Å². The Morgan fingerprint density at radius 1 is 0.104 bits per heavy atom. The zero-order chi connectivity index (χ0) is 95.3. The summed E-state index contributed by atoms with van der Waals surface area (Å²) in [6, 6.07) is 197. The average molecular weight is 1840 g/mol. The molecule has 0 aliphatic carbocycles. The largest absolute Gasteiger partial charge is 0.456 e. The second-order valence-corrected chi connectivity index (χ2v) is 36.9. The van der Waals surface area contributed by atoms with Crippen LogP contribution >= 0.6 is 0 Å². The number of hydrogen-bond donors (Lipinski definition) is 0. The molecule has 0 bridgehead atoms. The van der Waals surface area contributed by atoms with Gasteiger partial charge in [-0.05, 0) is 290 Å². The van der Waals surface area contributed by atoms with Gasteiger partial charge in [0.15, 0.2) is 0 Å². The zero-order valence-electron chi connectivity index (χ0n) is 78.6. The molecule has 0 atom stereocenters. The maximum absolute atomic E-state index is 6.28. The van der Waals surface area contributed by atoms with Gasteiger partial charge in [0, 0.05) is 99.7 Å². The van der Waals surface area contributed by atoms with Crippen LogP contribution in [0.5, 0.6) is 0 Å². The molecule has 0 spiro atoms. The standard InChI is InChI=1S/C50H33NO.2C44H29NO/c1-3-10-34(11-4-1)36-20-26-42(27-21-36)51(43-28-22-37(23-29-43)35-12-5-2-6-13-35)44-15-9-14-39(33-44)40-24-30-45-41(32-40)19-18-38-25-31-48-50(49(38)45)46-16-7-8-17-47(46)52-48;1-3-10-30(11-4-1)31-22-25-37(26-23-31)45(36-13-5-2-6-14-36)38-15-9-12-34(28-38)35-21-19-32-18-20-33-24-27-42-44(43(33)40(32)29-35)39-16-7-8-17-41(39)46-42;1-3-9-30(10-4-1)31-19-24-37(25-20-31)45(36-11-5-2-6-12-36)38-26-21-32(22-27-38)35-18-16-33-15-17-34-23-28-42-44(43(34)40(33)29-35)39-13-7-8-14-41(39)46-42/h1-33H;2*1-29H. The van der Waals surface area contributed by atoms with Crippen molar-refractivity contribution in [1.82, 2.24) is 0 Å². The van der Waals surface area contributed by atoms with Crippen LogP contribution in [0.15, 0.2) is 565 Å². The maximum Gasteiger partial charge on any atom is 0.136 e. The fraction of sp³-hybridized carbons (Fsp3) is 0. The predicted octanol–water partition coefficient (Wildman–Crippen LogP) is 39.8. The second kappa shape index (κ2) is 37.0. The van der Waals surface area contributed by atoms with Crippen molar-refractivity contribution in [3.63, 3.8) is 0 Å². The quantitative estimate of drug-likeness (QED) is 0.0899. The van der Waals surface area contributed by atoms with Crippen LogP contribution in [-0.2, 0) is 0 Å². The van der Waals surface area contributed by atoms with E-state index in [1.54, 1.807) is 0 Å². The van der Waals surface area contributed by atoms with Crippen LogP contribution in [0.3, 0.4) is 0 Å². The van der Waals surface area contributed by atoms with Crippen molar-refractivity contribution in [1.29, 1.82) is 0 Å². The van der Waals surface area contributed by atoms with Crippen LogP contribution < -0.4 is 14.7 Å². The molecule has 0 radical (unpaired) electrons. The first-order valence-corrected chi connectivity index (χ1v) is 49.1. The first-order valence-electron chi connectivity index (χ1n) is 49.1. The van der Waals surface area contributed by atoms with Crippen molar-refractivity contribution in [3.05, 3.63) is 552 Å². The van der Waals surface area contributed by atoms with Gasteiger partial charge in [-0.15, -0.1) is 0 Å². The van der Waals surface area contributed by atoms with Gasteiger partial charge in [0.2, 0.25) is 0 Å². The Balaban J connectivity index is 0.000000110. The molecule has 0 saturated carbocycles. The lowest BCUT2D eigenvalue weighted by Gasteiger charge is -2.26. The van der Waals surface area contributed by atoms with Crippen molar-refractivity contribution < 1.29 is 13.3 Å². The number of hydrogen-bond acceptors (Lipinski definition) is 6. The first-order chi connectivity index (χ1) is 71.4. The molecule has 6 heteroatoms. The molecular formula is C138H91N3O3. The normalized spacial score (nSPS) is 11.5. The lowest BCUT2D eigenvalue weighted by molar-refractivity contribution is 0.669. The van der Waals surface area contributed by atoms with Gasteiger partial charge in [-0.2, -0.15) is 0 Å². The molecule has 28 aromatic rings. The summed E-state index contributed by atoms with van der Waals surface area (Å²) in [7, 11) is 0. The van der Waals surface area contributed by atoms with Gasteiger partial charge in [0.25, 0.3) is 0 Å².